The van der Waals surface area contributed by atoms with Crippen LogP contribution in [0.2, 0.25) is 0 Å². The fourth-order valence-corrected chi connectivity index (χ4v) is 4.02. The molecule has 4 aromatic rings. The van der Waals surface area contributed by atoms with Crippen LogP contribution in [0.15, 0.2) is 95.9 Å². The molecule has 4 rings (SSSR count). The number of aromatic nitrogens is 1. The minimum absolute atomic E-state index is 0.0635. The summed E-state index contributed by atoms with van der Waals surface area (Å²) in [5.74, 6) is -0.949. The van der Waals surface area contributed by atoms with Gasteiger partial charge >= 0.3 is 5.97 Å². The van der Waals surface area contributed by atoms with E-state index >= 15 is 0 Å². The topological polar surface area (TPSA) is 113 Å². The molecule has 2 aromatic carbocycles. The lowest BCUT2D eigenvalue weighted by molar-refractivity contribution is -0.137. The predicted molar refractivity (Wildman–Crippen MR) is 138 cm³/mol. The van der Waals surface area contributed by atoms with Gasteiger partial charge in [0.15, 0.2) is 0 Å². The van der Waals surface area contributed by atoms with Crippen molar-refractivity contribution in [2.75, 3.05) is 13.1 Å². The molecule has 0 saturated heterocycles. The number of nitrogens with one attached hydrogen (secondary N) is 1. The van der Waals surface area contributed by atoms with Gasteiger partial charge in [-0.25, -0.2) is 0 Å². The van der Waals surface area contributed by atoms with Crippen LogP contribution in [0.5, 0.6) is 0 Å². The largest absolute Gasteiger partial charge is 0.481 e. The summed E-state index contributed by atoms with van der Waals surface area (Å²) in [6.07, 6.45) is 5.31. The lowest BCUT2D eigenvalue weighted by Crippen LogP contribution is -2.35. The number of rotatable bonds is 11. The maximum Gasteiger partial charge on any atom is 0.305 e. The molecule has 0 radical (unpaired) electrons. The number of amides is 2. The van der Waals surface area contributed by atoms with Crippen LogP contribution in [0.25, 0.3) is 11.1 Å². The Morgan fingerprint density at radius 1 is 0.865 bits per heavy atom. The molecule has 8 nitrogen and oxygen atoms in total. The molecule has 0 fully saturated rings. The Bertz CT molecular complexity index is 1350. The first-order chi connectivity index (χ1) is 18.0. The van der Waals surface area contributed by atoms with Gasteiger partial charge in [-0.15, -0.1) is 0 Å². The van der Waals surface area contributed by atoms with E-state index < -0.39 is 5.97 Å². The van der Waals surface area contributed by atoms with Crippen molar-refractivity contribution in [1.82, 2.24) is 15.2 Å². The van der Waals surface area contributed by atoms with Crippen LogP contribution in [-0.2, 0) is 17.8 Å². The lowest BCUT2D eigenvalue weighted by Gasteiger charge is -2.24. The van der Waals surface area contributed by atoms with Crippen LogP contribution >= 0.6 is 0 Å². The van der Waals surface area contributed by atoms with Gasteiger partial charge in [-0.2, -0.15) is 0 Å². The van der Waals surface area contributed by atoms with Gasteiger partial charge in [0.1, 0.15) is 5.76 Å². The van der Waals surface area contributed by atoms with E-state index in [1.165, 1.54) is 0 Å². The molecule has 188 valence electrons. The van der Waals surface area contributed by atoms with E-state index in [4.69, 9.17) is 4.42 Å². The normalized spacial score (nSPS) is 10.6. The number of aliphatic carboxylic acids is 1. The maximum atomic E-state index is 13.7. The standard InChI is InChI=1S/C29H27N3O5/c33-27(34)14-17-32(16-13-21-7-5-15-30-19-21)29(36)26-12-4-2-10-24(26)23-9-1-3-11-25(23)28(35)31-20-22-8-6-18-37-22/h1-12,15,18-19H,13-14,16-17,20H2,(H,31,35)(H,33,34). The van der Waals surface area contributed by atoms with Crippen LogP contribution < -0.4 is 5.32 Å². The number of carboxylic acids is 1. The highest BCUT2D eigenvalue weighted by Crippen LogP contribution is 2.28. The number of nitrogens with zero attached hydrogens (tertiary/aromatic N) is 2. The summed E-state index contributed by atoms with van der Waals surface area (Å²) in [7, 11) is 0. The Balaban J connectivity index is 1.61. The monoisotopic (exact) mass is 497 g/mol. The second-order valence-electron chi connectivity index (χ2n) is 8.40. The first kappa shape index (κ1) is 25.4. The Kier molecular flexibility index (Phi) is 8.44. The highest BCUT2D eigenvalue weighted by Gasteiger charge is 2.22. The number of carbonyl (C=O) groups is 3. The van der Waals surface area contributed by atoms with E-state index in [0.717, 1.165) is 5.56 Å². The van der Waals surface area contributed by atoms with Crippen molar-refractivity contribution in [1.29, 1.82) is 0 Å². The summed E-state index contributed by atoms with van der Waals surface area (Å²) in [4.78, 5) is 43.7. The quantitative estimate of drug-likeness (QED) is 0.317. The minimum Gasteiger partial charge on any atom is -0.481 e. The van der Waals surface area contributed by atoms with Crippen molar-refractivity contribution in [3.05, 3.63) is 114 Å². The van der Waals surface area contributed by atoms with Crippen LogP contribution in [0.4, 0.5) is 0 Å². The lowest BCUT2D eigenvalue weighted by atomic mass is 9.94. The zero-order valence-electron chi connectivity index (χ0n) is 20.2. The first-order valence-corrected chi connectivity index (χ1v) is 11.9. The number of furan rings is 1. The molecule has 37 heavy (non-hydrogen) atoms. The molecule has 8 heteroatoms. The highest BCUT2D eigenvalue weighted by atomic mass is 16.4. The predicted octanol–water partition coefficient (Wildman–Crippen LogP) is 4.43. The summed E-state index contributed by atoms with van der Waals surface area (Å²) in [6.45, 7) is 0.628. The molecule has 2 amide bonds. The third kappa shape index (κ3) is 6.70. The number of benzene rings is 2. The summed E-state index contributed by atoms with van der Waals surface area (Å²) < 4.78 is 5.30. The van der Waals surface area contributed by atoms with E-state index in [-0.39, 0.29) is 31.3 Å². The summed E-state index contributed by atoms with van der Waals surface area (Å²) in [6, 6.07) is 21.4. The van der Waals surface area contributed by atoms with E-state index in [1.54, 1.807) is 78.2 Å². The molecule has 2 aromatic heterocycles. The van der Waals surface area contributed by atoms with Gasteiger partial charge in [0.05, 0.1) is 19.2 Å². The van der Waals surface area contributed by atoms with Crippen molar-refractivity contribution in [3.63, 3.8) is 0 Å². The molecule has 0 spiro atoms. The molecule has 0 aliphatic carbocycles. The van der Waals surface area contributed by atoms with Crippen LogP contribution in [0.3, 0.4) is 0 Å². The van der Waals surface area contributed by atoms with Crippen molar-refractivity contribution in [3.8, 4) is 11.1 Å². The molecule has 0 saturated carbocycles. The fourth-order valence-electron chi connectivity index (χ4n) is 4.02. The second kappa shape index (κ2) is 12.3. The minimum atomic E-state index is -0.981. The van der Waals surface area contributed by atoms with Crippen LogP contribution in [0.1, 0.15) is 38.5 Å². The third-order valence-corrected chi connectivity index (χ3v) is 5.90. The van der Waals surface area contributed by atoms with E-state index in [9.17, 15) is 19.5 Å². The van der Waals surface area contributed by atoms with Gasteiger partial charge in [-0.3, -0.25) is 19.4 Å². The molecule has 2 N–H and O–H groups in total. The Morgan fingerprint density at radius 3 is 2.27 bits per heavy atom. The molecular formula is C29H27N3O5. The number of pyridine rings is 1. The summed E-state index contributed by atoms with van der Waals surface area (Å²) >= 11 is 0. The SMILES string of the molecule is O=C(O)CCN(CCc1cccnc1)C(=O)c1ccccc1-c1ccccc1C(=O)NCc1ccco1. The van der Waals surface area contributed by atoms with Gasteiger partial charge in [0.2, 0.25) is 0 Å². The van der Waals surface area contributed by atoms with Crippen LogP contribution in [-0.4, -0.2) is 45.9 Å². The van der Waals surface area contributed by atoms with Gasteiger partial charge in [0, 0.05) is 36.6 Å². The van der Waals surface area contributed by atoms with Crippen molar-refractivity contribution >= 4 is 17.8 Å². The summed E-state index contributed by atoms with van der Waals surface area (Å²) in [5.41, 5.74) is 2.96. The Morgan fingerprint density at radius 2 is 1.59 bits per heavy atom. The number of hydrogen-bond acceptors (Lipinski definition) is 5. The third-order valence-electron chi connectivity index (χ3n) is 5.90. The van der Waals surface area contributed by atoms with Gasteiger partial charge < -0.3 is 19.7 Å². The number of hydrogen-bond donors (Lipinski definition) is 2. The zero-order chi connectivity index (χ0) is 26.0. The summed E-state index contributed by atoms with van der Waals surface area (Å²) in [5, 5.41) is 12.1. The number of carbonyl (C=O) groups excluding carboxylic acids is 2. The molecule has 0 unspecified atom stereocenters. The highest BCUT2D eigenvalue weighted by molar-refractivity contribution is 6.06. The molecule has 0 aliphatic heterocycles. The van der Waals surface area contributed by atoms with Crippen molar-refractivity contribution < 1.29 is 23.9 Å². The Hall–Kier alpha value is -4.72. The molecule has 0 bridgehead atoms. The smallest absolute Gasteiger partial charge is 0.305 e. The zero-order valence-corrected chi connectivity index (χ0v) is 20.2. The van der Waals surface area contributed by atoms with Gasteiger partial charge in [-0.05, 0) is 53.4 Å². The van der Waals surface area contributed by atoms with Gasteiger partial charge in [0.25, 0.3) is 11.8 Å². The first-order valence-electron chi connectivity index (χ1n) is 11.9. The van der Waals surface area contributed by atoms with E-state index in [2.05, 4.69) is 10.3 Å². The average molecular weight is 498 g/mol. The second-order valence-corrected chi connectivity index (χ2v) is 8.40. The van der Waals surface area contributed by atoms with E-state index in [0.29, 0.717) is 41.0 Å². The molecule has 2 heterocycles. The fraction of sp³-hybridized carbons (Fsp3) is 0.172. The van der Waals surface area contributed by atoms with Crippen molar-refractivity contribution in [2.45, 2.75) is 19.4 Å². The molecular weight excluding hydrogens is 470 g/mol. The average Bonchev–Trinajstić information content (AvgIpc) is 3.46. The number of carboxylic acid groups (broad SMARTS) is 1. The maximum absolute atomic E-state index is 13.7. The van der Waals surface area contributed by atoms with Crippen LogP contribution in [0, 0.1) is 0 Å². The molecule has 0 atom stereocenters. The van der Waals surface area contributed by atoms with E-state index in [1.807, 2.05) is 18.2 Å². The van der Waals surface area contributed by atoms with Gasteiger partial charge in [-0.1, -0.05) is 42.5 Å². The van der Waals surface area contributed by atoms with Crippen molar-refractivity contribution in [2.24, 2.45) is 0 Å². The Labute approximate surface area is 214 Å². The molecule has 0 aliphatic rings.